The molecule has 21 heteroatoms. The molecule has 1 unspecified atom stereocenters. The normalized spacial score (nSPS) is 22.4. The SMILES string of the molecule is COc1ccc(CC[C@H]2OC(=O)[C@@H]3CCCCN3C(=O)C(=O)C(C)(C)COC(=O)/C=C\CCN(C)C(=O)[C@H](Cc3ccc4ccccc4c3)NC(=O)[C@H](COC(C)(C)C)N(C)C(=O)C(c3ccccc3)NC(=O)[C@H](C)N(C)C(=O)COc3cccc2c3)cc1OC. The number of rotatable bonds is 10. The van der Waals surface area contributed by atoms with Crippen molar-refractivity contribution in [3.05, 3.63) is 150 Å². The van der Waals surface area contributed by atoms with Crippen LogP contribution in [-0.2, 0) is 70.2 Å². The van der Waals surface area contributed by atoms with Gasteiger partial charge in [0.15, 0.2) is 18.1 Å². The third-order valence-electron chi connectivity index (χ3n) is 16.4. The number of methoxy groups -OCH3 is 2. The van der Waals surface area contributed by atoms with Gasteiger partial charge in [0.25, 0.3) is 11.8 Å². The molecular weight excluding hydrogens is 1160 g/mol. The van der Waals surface area contributed by atoms with Crippen molar-refractivity contribution in [2.24, 2.45) is 5.41 Å². The number of nitrogens with zero attached hydrogens (tertiary/aromatic N) is 4. The molecule has 5 aromatic rings. The van der Waals surface area contributed by atoms with E-state index in [-0.39, 0.29) is 51.1 Å². The zero-order valence-electron chi connectivity index (χ0n) is 54.0. The van der Waals surface area contributed by atoms with Crippen LogP contribution in [0.1, 0.15) is 108 Å². The van der Waals surface area contributed by atoms with Crippen molar-refractivity contribution in [1.82, 2.24) is 30.2 Å². The first-order valence-electron chi connectivity index (χ1n) is 30.7. The van der Waals surface area contributed by atoms with Crippen LogP contribution in [0.3, 0.4) is 0 Å². The van der Waals surface area contributed by atoms with Gasteiger partial charge in [-0.2, -0.15) is 0 Å². The Morgan fingerprint density at radius 3 is 2.09 bits per heavy atom. The summed E-state index contributed by atoms with van der Waals surface area (Å²) in [6, 6.07) is 27.7. The number of hydrogen-bond donors (Lipinski definition) is 2. The van der Waals surface area contributed by atoms with E-state index < -0.39 is 114 Å². The lowest BCUT2D eigenvalue weighted by Crippen LogP contribution is -2.58. The van der Waals surface area contributed by atoms with Gasteiger partial charge >= 0.3 is 11.9 Å². The molecule has 0 radical (unpaired) electrons. The molecule has 0 saturated carbocycles. The van der Waals surface area contributed by atoms with Crippen molar-refractivity contribution >= 4 is 63.9 Å². The smallest absolute Gasteiger partial charge is 0.330 e. The van der Waals surface area contributed by atoms with Gasteiger partial charge in [-0.3, -0.25) is 33.6 Å². The van der Waals surface area contributed by atoms with E-state index in [9.17, 15) is 38.4 Å². The quantitative estimate of drug-likeness (QED) is 0.102. The van der Waals surface area contributed by atoms with E-state index >= 15 is 4.79 Å². The van der Waals surface area contributed by atoms with Gasteiger partial charge in [0.05, 0.1) is 31.8 Å². The Labute approximate surface area is 532 Å². The van der Waals surface area contributed by atoms with Gasteiger partial charge in [-0.15, -0.1) is 0 Å². The maximum absolute atomic E-state index is 15.1. The number of carbonyl (C=O) groups excluding carboxylic acids is 9. The Morgan fingerprint density at radius 1 is 0.681 bits per heavy atom. The van der Waals surface area contributed by atoms with Crippen LogP contribution in [0.2, 0.25) is 0 Å². The highest BCUT2D eigenvalue weighted by atomic mass is 16.5. The molecule has 2 aliphatic rings. The average molecular weight is 1250 g/mol. The number of nitrogens with one attached hydrogen (secondary N) is 2. The second-order valence-corrected chi connectivity index (χ2v) is 24.7. The fraction of sp³-hybridized carbons (Fsp3) is 0.443. The third kappa shape index (κ3) is 18.7. The van der Waals surface area contributed by atoms with E-state index in [4.69, 9.17) is 28.4 Å². The molecule has 0 spiro atoms. The molecule has 486 valence electrons. The Kier molecular flexibility index (Phi) is 24.1. The molecule has 2 aliphatic heterocycles. The number of esters is 2. The molecular formula is C70H86N6O15. The summed E-state index contributed by atoms with van der Waals surface area (Å²) in [6.07, 6.45) is 3.82. The molecule has 2 heterocycles. The lowest BCUT2D eigenvalue weighted by atomic mass is 9.87. The summed E-state index contributed by atoms with van der Waals surface area (Å²) < 4.78 is 35.1. The summed E-state index contributed by atoms with van der Waals surface area (Å²) in [4.78, 5) is 134. The topological polar surface area (TPSA) is 246 Å². The third-order valence-corrected chi connectivity index (χ3v) is 16.4. The molecule has 21 nitrogen and oxygen atoms in total. The summed E-state index contributed by atoms with van der Waals surface area (Å²) in [5, 5.41) is 7.66. The van der Waals surface area contributed by atoms with Crippen LogP contribution in [-0.4, -0.2) is 171 Å². The summed E-state index contributed by atoms with van der Waals surface area (Å²) in [5.41, 5.74) is 0.113. The maximum Gasteiger partial charge on any atom is 0.330 e. The molecule has 1 saturated heterocycles. The molecule has 6 atom stereocenters. The number of fused-ring (bicyclic) bond motifs is 4. The average Bonchev–Trinajstić information content (AvgIpc) is 1.76. The minimum absolute atomic E-state index is 0.0410. The number of aryl methyl sites for hydroxylation is 1. The van der Waals surface area contributed by atoms with E-state index in [1.54, 1.807) is 88.5 Å². The number of ketones is 1. The van der Waals surface area contributed by atoms with Gasteiger partial charge in [0.2, 0.25) is 29.4 Å². The van der Waals surface area contributed by atoms with Crippen LogP contribution in [0.25, 0.3) is 10.8 Å². The van der Waals surface area contributed by atoms with Crippen molar-refractivity contribution < 1.29 is 71.6 Å². The predicted octanol–water partition coefficient (Wildman–Crippen LogP) is 7.46. The van der Waals surface area contributed by atoms with Crippen LogP contribution in [0.4, 0.5) is 0 Å². The minimum Gasteiger partial charge on any atom is -0.493 e. The molecule has 0 aromatic heterocycles. The van der Waals surface area contributed by atoms with E-state index in [2.05, 4.69) is 10.6 Å². The van der Waals surface area contributed by atoms with Gasteiger partial charge in [0.1, 0.15) is 48.7 Å². The van der Waals surface area contributed by atoms with Crippen molar-refractivity contribution in [3.8, 4) is 17.2 Å². The van der Waals surface area contributed by atoms with Crippen LogP contribution in [0.15, 0.2) is 127 Å². The van der Waals surface area contributed by atoms with E-state index in [1.165, 1.54) is 74.8 Å². The first-order valence-corrected chi connectivity index (χ1v) is 30.7. The van der Waals surface area contributed by atoms with Gasteiger partial charge < -0.3 is 58.7 Å². The molecule has 0 aliphatic carbocycles. The fourth-order valence-corrected chi connectivity index (χ4v) is 10.6. The van der Waals surface area contributed by atoms with Crippen LogP contribution < -0.4 is 24.8 Å². The molecule has 2 N–H and O–H groups in total. The zero-order chi connectivity index (χ0) is 66.2. The van der Waals surface area contributed by atoms with Gasteiger partial charge in [-0.05, 0) is 137 Å². The van der Waals surface area contributed by atoms with Crippen LogP contribution >= 0.6 is 0 Å². The van der Waals surface area contributed by atoms with Crippen molar-refractivity contribution in [2.75, 3.05) is 68.3 Å². The van der Waals surface area contributed by atoms with Crippen molar-refractivity contribution in [2.45, 2.75) is 128 Å². The maximum atomic E-state index is 15.1. The van der Waals surface area contributed by atoms with Crippen LogP contribution in [0, 0.1) is 5.41 Å². The number of amides is 6. The number of likely N-dealkylation sites (N-methyl/N-ethyl adjacent to an activating group) is 3. The molecule has 5 aromatic carbocycles. The van der Waals surface area contributed by atoms with Crippen molar-refractivity contribution in [1.29, 1.82) is 0 Å². The summed E-state index contributed by atoms with van der Waals surface area (Å²) in [7, 11) is 7.45. The van der Waals surface area contributed by atoms with E-state index in [1.807, 2.05) is 54.6 Å². The Bertz CT molecular complexity index is 3450. The van der Waals surface area contributed by atoms with Crippen molar-refractivity contribution in [3.63, 3.8) is 0 Å². The number of hydrogen-bond acceptors (Lipinski definition) is 15. The Morgan fingerprint density at radius 2 is 1.37 bits per heavy atom. The zero-order valence-corrected chi connectivity index (χ0v) is 54.0. The monoisotopic (exact) mass is 1250 g/mol. The predicted molar refractivity (Wildman–Crippen MR) is 341 cm³/mol. The van der Waals surface area contributed by atoms with Gasteiger partial charge in [-0.25, -0.2) is 9.59 Å². The second-order valence-electron chi connectivity index (χ2n) is 24.7. The molecule has 2 bridgehead atoms. The van der Waals surface area contributed by atoms with Crippen LogP contribution in [0.5, 0.6) is 17.2 Å². The van der Waals surface area contributed by atoms with Gasteiger partial charge in [0, 0.05) is 46.7 Å². The summed E-state index contributed by atoms with van der Waals surface area (Å²) >= 11 is 0. The number of carbonyl (C=O) groups is 9. The Hall–Kier alpha value is -9.11. The number of cyclic esters (lactones) is 2. The van der Waals surface area contributed by atoms with E-state index in [0.29, 0.717) is 41.9 Å². The van der Waals surface area contributed by atoms with Gasteiger partial charge in [-0.1, -0.05) is 97.1 Å². The molecule has 91 heavy (non-hydrogen) atoms. The minimum atomic E-state index is -1.52. The highest BCUT2D eigenvalue weighted by molar-refractivity contribution is 6.38. The number of benzene rings is 5. The first kappa shape index (κ1) is 69.4. The number of ether oxygens (including phenoxy) is 6. The highest BCUT2D eigenvalue weighted by Crippen LogP contribution is 2.33. The molecule has 1 fully saturated rings. The molecule has 7 rings (SSSR count). The Balaban J connectivity index is 1.21. The standard InChI is InChI=1S/C70H86N6O15/c1-45-63(80)72-61(49-23-13-12-14-24-49)66(83)75(9)55(42-90-69(2,3)4)64(81)71-53(39-47-30-33-48-22-15-16-25-50(48)38-47)65(82)73(7)36-19-18-29-60(78)89-44-70(5,6)62(79)67(84)76-37-20-17-28-54(76)68(85)91-56(34-31-46-32-35-57(86-10)58(40-46)87-11)51-26-21-27-52(41-51)88-43-59(77)74(45)8/h12-16,18,21-27,29-30,32-33,35,38,40-41,45,53-56,61H,17,19-20,28,31,34,36-37,39,42-44H2,1-11H3,(H,71,81)(H,72,80)/b29-18-/t45-,53-,54-,55-,56+,61?/m0/s1. The lowest BCUT2D eigenvalue weighted by Gasteiger charge is -2.36. The summed E-state index contributed by atoms with van der Waals surface area (Å²) in [6.45, 7) is 8.67. The fourth-order valence-electron chi connectivity index (χ4n) is 10.6. The van der Waals surface area contributed by atoms with E-state index in [0.717, 1.165) is 28.0 Å². The largest absolute Gasteiger partial charge is 0.493 e. The molecule has 6 amide bonds. The first-order chi connectivity index (χ1) is 43.3. The number of piperidine rings is 1. The highest BCUT2D eigenvalue weighted by Gasteiger charge is 2.43. The number of Topliss-reactive ketones (excluding diaryl/α,β-unsaturated/α-hetero) is 1. The second kappa shape index (κ2) is 31.6. The summed E-state index contributed by atoms with van der Waals surface area (Å²) in [5.74, 6) is -5.34. The lowest BCUT2D eigenvalue weighted by molar-refractivity contribution is -0.165.